The minimum Gasteiger partial charge on any atom is -0.451 e. The number of ether oxygens (including phenoxy) is 1. The number of nitro benzene ring substituents is 1. The van der Waals surface area contributed by atoms with Crippen molar-refractivity contribution in [1.82, 2.24) is 5.32 Å². The number of nitrogens with zero attached hydrogens (tertiary/aromatic N) is 1. The fourth-order valence-corrected chi connectivity index (χ4v) is 2.16. The van der Waals surface area contributed by atoms with Gasteiger partial charge in [0.25, 0.3) is 17.5 Å². The fraction of sp³-hybridized carbons (Fsp3) is 0.167. The molecule has 0 radical (unpaired) electrons. The quantitative estimate of drug-likeness (QED) is 0.303. The van der Waals surface area contributed by atoms with E-state index in [1.165, 1.54) is 18.2 Å². The van der Waals surface area contributed by atoms with Crippen LogP contribution in [-0.2, 0) is 14.3 Å². The number of halogens is 3. The number of nitrogens with one attached hydrogen (secondary N) is 2. The van der Waals surface area contributed by atoms with Gasteiger partial charge in [0.15, 0.2) is 23.6 Å². The first-order valence-corrected chi connectivity index (χ1v) is 8.26. The highest BCUT2D eigenvalue weighted by Crippen LogP contribution is 2.20. The third-order valence-electron chi connectivity index (χ3n) is 3.68. The van der Waals surface area contributed by atoms with Crippen LogP contribution >= 0.6 is 0 Å². The van der Waals surface area contributed by atoms with Crippen LogP contribution in [0, 0.1) is 27.6 Å². The summed E-state index contributed by atoms with van der Waals surface area (Å²) in [7, 11) is 0. The second-order valence-corrected chi connectivity index (χ2v) is 5.83. The van der Waals surface area contributed by atoms with Crippen molar-refractivity contribution in [3.05, 3.63) is 69.5 Å². The number of nitro groups is 1. The van der Waals surface area contributed by atoms with Crippen molar-refractivity contribution in [3.8, 4) is 0 Å². The van der Waals surface area contributed by atoms with Gasteiger partial charge in [0.2, 0.25) is 0 Å². The topological polar surface area (TPSA) is 128 Å². The van der Waals surface area contributed by atoms with Gasteiger partial charge >= 0.3 is 5.97 Å². The van der Waals surface area contributed by atoms with E-state index in [-0.39, 0.29) is 11.3 Å². The number of carbonyl (C=O) groups excluding carboxylic acids is 3. The average molecular weight is 425 g/mol. The van der Waals surface area contributed by atoms with Crippen molar-refractivity contribution in [2.45, 2.75) is 13.0 Å². The molecule has 9 nitrogen and oxygen atoms in total. The molecule has 0 saturated heterocycles. The first-order valence-electron chi connectivity index (χ1n) is 8.26. The van der Waals surface area contributed by atoms with E-state index in [4.69, 9.17) is 4.74 Å². The Morgan fingerprint density at radius 3 is 2.50 bits per heavy atom. The van der Waals surface area contributed by atoms with Crippen LogP contribution in [0.4, 0.5) is 24.5 Å². The van der Waals surface area contributed by atoms with Crippen molar-refractivity contribution in [3.63, 3.8) is 0 Å². The number of hydrogen-bond acceptors (Lipinski definition) is 6. The molecular formula is C18H14F3N3O6. The van der Waals surface area contributed by atoms with E-state index >= 15 is 0 Å². The summed E-state index contributed by atoms with van der Waals surface area (Å²) in [5.74, 6) is -7.70. The monoisotopic (exact) mass is 425 g/mol. The molecule has 0 aliphatic heterocycles. The van der Waals surface area contributed by atoms with Crippen LogP contribution in [0.3, 0.4) is 0 Å². The van der Waals surface area contributed by atoms with E-state index in [2.05, 4.69) is 5.32 Å². The predicted octanol–water partition coefficient (Wildman–Crippen LogP) is 2.31. The molecule has 2 N–H and O–H groups in total. The predicted molar refractivity (Wildman–Crippen MR) is 95.9 cm³/mol. The molecule has 0 aromatic heterocycles. The van der Waals surface area contributed by atoms with Crippen LogP contribution in [0.25, 0.3) is 0 Å². The Balaban J connectivity index is 1.89. The molecule has 0 saturated carbocycles. The smallest absolute Gasteiger partial charge is 0.326 e. The average Bonchev–Trinajstić information content (AvgIpc) is 2.72. The van der Waals surface area contributed by atoms with Crippen molar-refractivity contribution in [1.29, 1.82) is 0 Å². The maximum atomic E-state index is 13.6. The number of benzene rings is 2. The van der Waals surface area contributed by atoms with Gasteiger partial charge in [-0.15, -0.1) is 0 Å². The van der Waals surface area contributed by atoms with Gasteiger partial charge in [-0.05, 0) is 25.1 Å². The molecule has 0 aliphatic carbocycles. The standard InChI is InChI=1S/C18H14F3N3O6/c1-9(17(26)23-13-6-5-12(19)15(20)16(13)21)30-14(25)8-22-18(27)10-3-2-4-11(7-10)24(28)29/h2-7,9H,8H2,1H3,(H,22,27)(H,23,26). The van der Waals surface area contributed by atoms with Crippen LogP contribution in [0.2, 0.25) is 0 Å². The lowest BCUT2D eigenvalue weighted by atomic mass is 10.2. The number of rotatable bonds is 7. The SMILES string of the molecule is CC(OC(=O)CNC(=O)c1cccc([N+](=O)[O-])c1)C(=O)Nc1ccc(F)c(F)c1F. The van der Waals surface area contributed by atoms with Crippen LogP contribution in [-0.4, -0.2) is 35.4 Å². The Kier molecular flexibility index (Phi) is 7.07. The molecule has 0 aliphatic rings. The number of esters is 1. The Labute approximate surface area is 167 Å². The van der Waals surface area contributed by atoms with E-state index < -0.39 is 58.5 Å². The summed E-state index contributed by atoms with van der Waals surface area (Å²) in [6, 6.07) is 6.16. The first-order chi connectivity index (χ1) is 14.1. The molecule has 2 aromatic rings. The van der Waals surface area contributed by atoms with Gasteiger partial charge in [0.1, 0.15) is 6.54 Å². The zero-order valence-electron chi connectivity index (χ0n) is 15.3. The van der Waals surface area contributed by atoms with Gasteiger partial charge in [0, 0.05) is 17.7 Å². The van der Waals surface area contributed by atoms with E-state index in [0.717, 1.165) is 19.1 Å². The van der Waals surface area contributed by atoms with Crippen LogP contribution in [0.1, 0.15) is 17.3 Å². The van der Waals surface area contributed by atoms with Crippen molar-refractivity contribution in [2.75, 3.05) is 11.9 Å². The summed E-state index contributed by atoms with van der Waals surface area (Å²) in [4.78, 5) is 45.7. The third kappa shape index (κ3) is 5.53. The molecule has 2 aromatic carbocycles. The summed E-state index contributed by atoms with van der Waals surface area (Å²) < 4.78 is 44.4. The van der Waals surface area contributed by atoms with Gasteiger partial charge in [-0.1, -0.05) is 6.07 Å². The highest BCUT2D eigenvalue weighted by atomic mass is 19.2. The molecule has 0 heterocycles. The number of non-ortho nitro benzene ring substituents is 1. The van der Waals surface area contributed by atoms with Crippen molar-refractivity contribution >= 4 is 29.2 Å². The zero-order valence-corrected chi connectivity index (χ0v) is 15.3. The van der Waals surface area contributed by atoms with Gasteiger partial charge in [-0.25, -0.2) is 13.2 Å². The molecule has 12 heteroatoms. The van der Waals surface area contributed by atoms with Crippen LogP contribution in [0.5, 0.6) is 0 Å². The molecule has 0 bridgehead atoms. The van der Waals surface area contributed by atoms with Gasteiger partial charge < -0.3 is 15.4 Å². The Bertz CT molecular complexity index is 1010. The van der Waals surface area contributed by atoms with Crippen molar-refractivity contribution < 1.29 is 37.2 Å². The second kappa shape index (κ2) is 9.49. The minimum atomic E-state index is -1.78. The van der Waals surface area contributed by atoms with E-state index in [0.29, 0.717) is 6.07 Å². The van der Waals surface area contributed by atoms with Gasteiger partial charge in [0.05, 0.1) is 10.6 Å². The summed E-state index contributed by atoms with van der Waals surface area (Å²) >= 11 is 0. The molecule has 1 unspecified atom stereocenters. The Hall–Kier alpha value is -3.96. The van der Waals surface area contributed by atoms with E-state index in [9.17, 15) is 37.7 Å². The molecule has 158 valence electrons. The summed E-state index contributed by atoms with van der Waals surface area (Å²) in [6.45, 7) is 0.464. The lowest BCUT2D eigenvalue weighted by molar-refractivity contribution is -0.384. The highest BCUT2D eigenvalue weighted by molar-refractivity contribution is 5.97. The van der Waals surface area contributed by atoms with Crippen molar-refractivity contribution in [2.24, 2.45) is 0 Å². The zero-order chi connectivity index (χ0) is 22.4. The highest BCUT2D eigenvalue weighted by Gasteiger charge is 2.22. The number of hydrogen-bond donors (Lipinski definition) is 2. The summed E-state index contributed by atoms with van der Waals surface area (Å²) in [6.07, 6.45) is -1.46. The molecule has 30 heavy (non-hydrogen) atoms. The Morgan fingerprint density at radius 2 is 1.83 bits per heavy atom. The largest absolute Gasteiger partial charge is 0.451 e. The number of carbonyl (C=O) groups is 3. The molecular weight excluding hydrogens is 411 g/mol. The lowest BCUT2D eigenvalue weighted by Crippen LogP contribution is -2.36. The molecule has 1 atom stereocenters. The molecule has 2 rings (SSSR count). The fourth-order valence-electron chi connectivity index (χ4n) is 2.16. The minimum absolute atomic E-state index is 0.0726. The Morgan fingerprint density at radius 1 is 1.13 bits per heavy atom. The maximum absolute atomic E-state index is 13.6. The summed E-state index contributed by atoms with van der Waals surface area (Å²) in [5, 5.41) is 14.8. The van der Waals surface area contributed by atoms with Gasteiger partial charge in [-0.3, -0.25) is 24.5 Å². The van der Waals surface area contributed by atoms with Crippen LogP contribution < -0.4 is 10.6 Å². The van der Waals surface area contributed by atoms with Crippen LogP contribution in [0.15, 0.2) is 36.4 Å². The third-order valence-corrected chi connectivity index (χ3v) is 3.68. The number of anilines is 1. The second-order valence-electron chi connectivity index (χ2n) is 5.83. The summed E-state index contributed by atoms with van der Waals surface area (Å²) in [5.41, 5.74) is -1.04. The maximum Gasteiger partial charge on any atom is 0.326 e. The normalized spacial score (nSPS) is 11.3. The molecule has 2 amide bonds. The first kappa shape index (κ1) is 22.3. The van der Waals surface area contributed by atoms with E-state index in [1.807, 2.05) is 5.32 Å². The van der Waals surface area contributed by atoms with E-state index in [1.54, 1.807) is 0 Å². The number of amides is 2. The molecule has 0 spiro atoms. The lowest BCUT2D eigenvalue weighted by Gasteiger charge is -2.14. The molecule has 0 fully saturated rings. The van der Waals surface area contributed by atoms with Gasteiger partial charge in [-0.2, -0.15) is 0 Å².